The van der Waals surface area contributed by atoms with Crippen LogP contribution in [0.25, 0.3) is 21.9 Å². The van der Waals surface area contributed by atoms with Gasteiger partial charge in [-0.15, -0.1) is 0 Å². The smallest absolute Gasteiger partial charge is 0.336 e. The number of nitrogens with one attached hydrogen (secondary N) is 1. The van der Waals surface area contributed by atoms with Crippen LogP contribution in [0.5, 0.6) is 5.75 Å². The molecule has 0 saturated carbocycles. The second kappa shape index (κ2) is 7.41. The molecule has 4 aromatic rings. The van der Waals surface area contributed by atoms with Crippen LogP contribution in [0.2, 0.25) is 0 Å². The van der Waals surface area contributed by atoms with Crippen molar-refractivity contribution in [2.75, 3.05) is 13.2 Å². The lowest BCUT2D eigenvalue weighted by Crippen LogP contribution is -2.28. The number of aromatic nitrogens is 1. The summed E-state index contributed by atoms with van der Waals surface area (Å²) >= 11 is 0. The number of hydrogen-bond acceptors (Lipinski definition) is 6. The van der Waals surface area contributed by atoms with Gasteiger partial charge in [0, 0.05) is 29.6 Å². The number of nitrogens with zero attached hydrogens (tertiary/aromatic N) is 1. The highest BCUT2D eigenvalue weighted by Gasteiger charge is 2.14. The summed E-state index contributed by atoms with van der Waals surface area (Å²) < 4.78 is 38.2. The Morgan fingerprint density at radius 2 is 1.86 bits per heavy atom. The summed E-state index contributed by atoms with van der Waals surface area (Å²) in [7, 11) is -3.72. The molecule has 142 valence electrons. The zero-order valence-electron chi connectivity index (χ0n) is 14.7. The van der Waals surface area contributed by atoms with Crippen molar-refractivity contribution in [3.63, 3.8) is 0 Å². The van der Waals surface area contributed by atoms with Crippen molar-refractivity contribution in [3.8, 4) is 5.75 Å². The molecule has 0 saturated heterocycles. The average molecular weight is 396 g/mol. The Labute approximate surface area is 160 Å². The summed E-state index contributed by atoms with van der Waals surface area (Å²) in [5.74, 6) is 0.595. The van der Waals surface area contributed by atoms with E-state index < -0.39 is 15.6 Å². The molecule has 4 rings (SSSR count). The number of rotatable bonds is 6. The van der Waals surface area contributed by atoms with E-state index in [0.717, 1.165) is 10.9 Å². The molecule has 7 nitrogen and oxygen atoms in total. The zero-order valence-corrected chi connectivity index (χ0v) is 15.5. The van der Waals surface area contributed by atoms with Crippen LogP contribution in [0.15, 0.2) is 81.0 Å². The molecule has 0 aliphatic rings. The first-order chi connectivity index (χ1) is 13.5. The predicted molar refractivity (Wildman–Crippen MR) is 105 cm³/mol. The lowest BCUT2D eigenvalue weighted by Gasteiger charge is -2.10. The van der Waals surface area contributed by atoms with Crippen molar-refractivity contribution in [1.29, 1.82) is 0 Å². The predicted octanol–water partition coefficient (Wildman–Crippen LogP) is 2.70. The fourth-order valence-electron chi connectivity index (χ4n) is 2.83. The monoisotopic (exact) mass is 396 g/mol. The molecule has 1 N–H and O–H groups in total. The van der Waals surface area contributed by atoms with Gasteiger partial charge in [-0.1, -0.05) is 18.2 Å². The Balaban J connectivity index is 1.44. The summed E-state index contributed by atoms with van der Waals surface area (Å²) in [4.78, 5) is 15.6. The second-order valence-electron chi connectivity index (χ2n) is 6.03. The van der Waals surface area contributed by atoms with Crippen LogP contribution in [-0.2, 0) is 10.0 Å². The van der Waals surface area contributed by atoms with Crippen molar-refractivity contribution in [2.24, 2.45) is 0 Å². The molecular formula is C20H16N2O5S. The van der Waals surface area contributed by atoms with E-state index in [-0.39, 0.29) is 18.0 Å². The molecule has 0 spiro atoms. The number of ether oxygens (including phenoxy) is 1. The minimum atomic E-state index is -3.72. The Morgan fingerprint density at radius 3 is 2.75 bits per heavy atom. The molecular weight excluding hydrogens is 380 g/mol. The van der Waals surface area contributed by atoms with Gasteiger partial charge in [0.05, 0.1) is 4.90 Å². The van der Waals surface area contributed by atoms with Gasteiger partial charge in [0.15, 0.2) is 0 Å². The summed E-state index contributed by atoms with van der Waals surface area (Å²) in [6.45, 7) is 0.241. The molecule has 28 heavy (non-hydrogen) atoms. The number of para-hydroxylation sites is 1. The van der Waals surface area contributed by atoms with Crippen molar-refractivity contribution in [3.05, 3.63) is 77.3 Å². The Morgan fingerprint density at radius 1 is 1.00 bits per heavy atom. The zero-order chi connectivity index (χ0) is 19.6. The van der Waals surface area contributed by atoms with Gasteiger partial charge >= 0.3 is 5.63 Å². The third-order valence-electron chi connectivity index (χ3n) is 4.15. The highest BCUT2D eigenvalue weighted by atomic mass is 32.2. The summed E-state index contributed by atoms with van der Waals surface area (Å²) in [5, 5.41) is 1.48. The number of benzene rings is 2. The van der Waals surface area contributed by atoms with Crippen LogP contribution in [0, 0.1) is 0 Å². The fourth-order valence-corrected chi connectivity index (χ4v) is 3.88. The van der Waals surface area contributed by atoms with Gasteiger partial charge in [-0.05, 0) is 36.4 Å². The fraction of sp³-hybridized carbons (Fsp3) is 0.100. The first-order valence-corrected chi connectivity index (χ1v) is 10.0. The van der Waals surface area contributed by atoms with Crippen LogP contribution in [0.4, 0.5) is 0 Å². The molecule has 0 atom stereocenters. The summed E-state index contributed by atoms with van der Waals surface area (Å²) in [5.41, 5.74) is 0.573. The highest BCUT2D eigenvalue weighted by molar-refractivity contribution is 7.89. The van der Waals surface area contributed by atoms with Gasteiger partial charge in [-0.2, -0.15) is 0 Å². The van der Waals surface area contributed by atoms with Gasteiger partial charge in [-0.3, -0.25) is 4.98 Å². The van der Waals surface area contributed by atoms with Crippen molar-refractivity contribution >= 4 is 31.9 Å². The summed E-state index contributed by atoms with van der Waals surface area (Å²) in [6, 6.07) is 16.4. The van der Waals surface area contributed by atoms with Crippen LogP contribution in [0.3, 0.4) is 0 Å². The number of pyridine rings is 1. The maximum atomic E-state index is 12.5. The van der Waals surface area contributed by atoms with Gasteiger partial charge in [-0.25, -0.2) is 17.9 Å². The second-order valence-corrected chi connectivity index (χ2v) is 7.80. The minimum absolute atomic E-state index is 0.0840. The lowest BCUT2D eigenvalue weighted by atomic mass is 10.2. The van der Waals surface area contributed by atoms with E-state index in [1.165, 1.54) is 30.3 Å². The standard InChI is InChI=1S/C20H16N2O5S/c23-19-9-6-15-13-16(7-8-17(15)27-19)28(24,25)22-11-12-26-18-5-1-3-14-4-2-10-21-20(14)18/h1-10,13,22H,11-12H2. The third-order valence-corrected chi connectivity index (χ3v) is 5.61. The summed E-state index contributed by atoms with van der Waals surface area (Å²) in [6.07, 6.45) is 1.68. The Bertz CT molecular complexity index is 1310. The number of sulfonamides is 1. The van der Waals surface area contributed by atoms with Crippen LogP contribution in [0.1, 0.15) is 0 Å². The van der Waals surface area contributed by atoms with E-state index in [1.807, 2.05) is 24.3 Å². The van der Waals surface area contributed by atoms with Crippen molar-refractivity contribution in [1.82, 2.24) is 9.71 Å². The van der Waals surface area contributed by atoms with E-state index in [2.05, 4.69) is 9.71 Å². The Kier molecular flexibility index (Phi) is 4.81. The largest absolute Gasteiger partial charge is 0.490 e. The molecule has 0 bridgehead atoms. The van der Waals surface area contributed by atoms with Gasteiger partial charge in [0.2, 0.25) is 10.0 Å². The molecule has 2 aromatic heterocycles. The Hall–Kier alpha value is -3.23. The quantitative estimate of drug-likeness (QED) is 0.397. The van der Waals surface area contributed by atoms with Gasteiger partial charge in [0.25, 0.3) is 0 Å². The number of fused-ring (bicyclic) bond motifs is 2. The normalized spacial score (nSPS) is 11.7. The van der Waals surface area contributed by atoms with E-state index in [0.29, 0.717) is 16.7 Å². The van der Waals surface area contributed by atoms with E-state index in [9.17, 15) is 13.2 Å². The van der Waals surface area contributed by atoms with Crippen molar-refractivity contribution in [2.45, 2.75) is 4.90 Å². The van der Waals surface area contributed by atoms with E-state index in [4.69, 9.17) is 9.15 Å². The number of hydrogen-bond donors (Lipinski definition) is 1. The van der Waals surface area contributed by atoms with Crippen LogP contribution >= 0.6 is 0 Å². The third kappa shape index (κ3) is 3.73. The molecule has 2 heterocycles. The molecule has 0 aliphatic carbocycles. The average Bonchev–Trinajstić information content (AvgIpc) is 2.71. The molecule has 0 amide bonds. The van der Waals surface area contributed by atoms with Crippen LogP contribution < -0.4 is 15.1 Å². The molecule has 0 radical (unpaired) electrons. The maximum absolute atomic E-state index is 12.5. The van der Waals surface area contributed by atoms with Crippen molar-refractivity contribution < 1.29 is 17.6 Å². The molecule has 2 aromatic carbocycles. The molecule has 0 aliphatic heterocycles. The first-order valence-electron chi connectivity index (χ1n) is 8.53. The van der Waals surface area contributed by atoms with Gasteiger partial charge in [0.1, 0.15) is 23.5 Å². The molecule has 0 fully saturated rings. The highest BCUT2D eigenvalue weighted by Crippen LogP contribution is 2.23. The van der Waals surface area contributed by atoms with Crippen LogP contribution in [-0.4, -0.2) is 26.6 Å². The maximum Gasteiger partial charge on any atom is 0.336 e. The van der Waals surface area contributed by atoms with Gasteiger partial charge < -0.3 is 9.15 Å². The molecule has 0 unspecified atom stereocenters. The SMILES string of the molecule is O=c1ccc2cc(S(=O)(=O)NCCOc3cccc4cccnc34)ccc2o1. The first kappa shape index (κ1) is 18.1. The van der Waals surface area contributed by atoms with E-state index >= 15 is 0 Å². The molecule has 8 heteroatoms. The van der Waals surface area contributed by atoms with E-state index in [1.54, 1.807) is 12.3 Å². The topological polar surface area (TPSA) is 98.5 Å². The minimum Gasteiger partial charge on any atom is -0.490 e. The lowest BCUT2D eigenvalue weighted by molar-refractivity contribution is 0.326.